The highest BCUT2D eigenvalue weighted by atomic mass is 35.5. The molecule has 0 radical (unpaired) electrons. The van der Waals surface area contributed by atoms with Gasteiger partial charge in [0.2, 0.25) is 0 Å². The van der Waals surface area contributed by atoms with Crippen LogP contribution in [-0.4, -0.2) is 37.6 Å². The summed E-state index contributed by atoms with van der Waals surface area (Å²) < 4.78 is 5.48. The number of aldehydes is 1. The van der Waals surface area contributed by atoms with Crippen LogP contribution in [0.25, 0.3) is 22.0 Å². The third kappa shape index (κ3) is 3.65. The number of hydrogen-bond acceptors (Lipinski definition) is 6. The van der Waals surface area contributed by atoms with E-state index < -0.39 is 5.54 Å². The Morgan fingerprint density at radius 1 is 1.21 bits per heavy atom. The van der Waals surface area contributed by atoms with E-state index in [1.807, 2.05) is 37.3 Å². The van der Waals surface area contributed by atoms with Crippen LogP contribution in [0.3, 0.4) is 0 Å². The number of benzene rings is 2. The molecule has 0 aliphatic carbocycles. The molecule has 1 unspecified atom stereocenters. The highest BCUT2D eigenvalue weighted by molar-refractivity contribution is 6.32. The van der Waals surface area contributed by atoms with E-state index in [0.717, 1.165) is 58.2 Å². The molecule has 3 heterocycles. The predicted octanol–water partition coefficient (Wildman–Crippen LogP) is 4.26. The van der Waals surface area contributed by atoms with Gasteiger partial charge in [-0.05, 0) is 65.7 Å². The average Bonchev–Trinajstić information content (AvgIpc) is 2.84. The lowest BCUT2D eigenvalue weighted by atomic mass is 9.81. The number of hydrogen-bond donors (Lipinski definition) is 2. The van der Waals surface area contributed by atoms with Gasteiger partial charge in [0, 0.05) is 18.5 Å². The van der Waals surface area contributed by atoms with Crippen molar-refractivity contribution in [2.75, 3.05) is 36.9 Å². The molecule has 0 amide bonds. The van der Waals surface area contributed by atoms with Crippen LogP contribution >= 0.6 is 11.6 Å². The Balaban J connectivity index is 1.67. The van der Waals surface area contributed by atoms with Gasteiger partial charge in [-0.1, -0.05) is 35.9 Å². The van der Waals surface area contributed by atoms with E-state index in [1.54, 1.807) is 18.4 Å². The van der Waals surface area contributed by atoms with E-state index in [2.05, 4.69) is 27.3 Å². The number of nitrogens with zero attached hydrogens (tertiary/aromatic N) is 2. The third-order valence-corrected chi connectivity index (χ3v) is 6.79. The van der Waals surface area contributed by atoms with Crippen molar-refractivity contribution >= 4 is 40.3 Å². The van der Waals surface area contributed by atoms with Crippen LogP contribution in [0.4, 0.5) is 11.5 Å². The summed E-state index contributed by atoms with van der Waals surface area (Å²) in [6.07, 6.45) is 6.15. The number of rotatable bonds is 4. The number of morpholine rings is 1. The van der Waals surface area contributed by atoms with E-state index in [4.69, 9.17) is 22.1 Å². The predicted molar refractivity (Wildman–Crippen MR) is 133 cm³/mol. The van der Waals surface area contributed by atoms with Gasteiger partial charge in [-0.15, -0.1) is 0 Å². The molecule has 1 aromatic heterocycles. The van der Waals surface area contributed by atoms with Gasteiger partial charge in [0.1, 0.15) is 5.82 Å². The fourth-order valence-electron chi connectivity index (χ4n) is 4.65. The van der Waals surface area contributed by atoms with Crippen molar-refractivity contribution in [1.29, 1.82) is 0 Å². The van der Waals surface area contributed by atoms with Gasteiger partial charge < -0.3 is 20.7 Å². The Hall–Kier alpha value is -3.35. The monoisotopic (exact) mass is 460 g/mol. The lowest BCUT2D eigenvalue weighted by Crippen LogP contribution is -2.43. The summed E-state index contributed by atoms with van der Waals surface area (Å²) in [4.78, 5) is 19.3. The van der Waals surface area contributed by atoms with Crippen molar-refractivity contribution in [1.82, 2.24) is 10.3 Å². The molecule has 3 N–H and O–H groups in total. The van der Waals surface area contributed by atoms with E-state index in [-0.39, 0.29) is 0 Å². The fourth-order valence-corrected chi connectivity index (χ4v) is 4.92. The van der Waals surface area contributed by atoms with E-state index in [0.29, 0.717) is 24.1 Å². The second-order valence-electron chi connectivity index (χ2n) is 8.34. The number of pyridine rings is 1. The summed E-state index contributed by atoms with van der Waals surface area (Å²) in [7, 11) is 0. The van der Waals surface area contributed by atoms with Gasteiger partial charge in [-0.25, -0.2) is 4.98 Å². The number of dihydropyridines is 1. The standard InChI is InChI=1S/C26H25ClN4O2/c1-17-4-2-5-20(26(16-32)23(27)6-3-9-29-26)24(17)18-7-8-21-19(14-18)15-22(25(28)30-21)31-10-12-33-13-11-31/h2-9,14-16,29H,10-13H2,1H3,(H2,28,30). The summed E-state index contributed by atoms with van der Waals surface area (Å²) in [6, 6.07) is 14.1. The molecule has 6 nitrogen and oxygen atoms in total. The summed E-state index contributed by atoms with van der Waals surface area (Å²) in [6.45, 7) is 4.95. The van der Waals surface area contributed by atoms with Crippen LogP contribution < -0.4 is 16.0 Å². The van der Waals surface area contributed by atoms with Crippen molar-refractivity contribution in [3.8, 4) is 11.1 Å². The summed E-state index contributed by atoms with van der Waals surface area (Å²) in [5, 5.41) is 4.60. The molecular formula is C26H25ClN4O2. The number of fused-ring (bicyclic) bond motifs is 1. The Morgan fingerprint density at radius 3 is 2.79 bits per heavy atom. The minimum absolute atomic E-state index is 0.427. The van der Waals surface area contributed by atoms with Gasteiger partial charge in [0.25, 0.3) is 0 Å². The maximum Gasteiger partial charge on any atom is 0.155 e. The number of nitrogens with one attached hydrogen (secondary N) is 1. The topological polar surface area (TPSA) is 80.5 Å². The lowest BCUT2D eigenvalue weighted by Gasteiger charge is -2.33. The lowest BCUT2D eigenvalue weighted by molar-refractivity contribution is -0.111. The Morgan fingerprint density at radius 2 is 2.03 bits per heavy atom. The van der Waals surface area contributed by atoms with Crippen molar-refractivity contribution in [2.45, 2.75) is 12.5 Å². The summed E-state index contributed by atoms with van der Waals surface area (Å²) in [5.41, 5.74) is 10.7. The first-order valence-electron chi connectivity index (χ1n) is 10.9. The second-order valence-corrected chi connectivity index (χ2v) is 8.75. The molecule has 1 saturated heterocycles. The van der Waals surface area contributed by atoms with E-state index in [9.17, 15) is 4.79 Å². The summed E-state index contributed by atoms with van der Waals surface area (Å²) >= 11 is 6.58. The molecule has 0 saturated carbocycles. The normalized spacial score (nSPS) is 20.4. The number of allylic oxidation sites excluding steroid dienone is 2. The Kier molecular flexibility index (Phi) is 5.56. The van der Waals surface area contributed by atoms with Crippen LogP contribution in [0.2, 0.25) is 0 Å². The van der Waals surface area contributed by atoms with Crippen molar-refractivity contribution in [2.24, 2.45) is 0 Å². The van der Waals surface area contributed by atoms with E-state index >= 15 is 0 Å². The Labute approximate surface area is 197 Å². The molecule has 2 aromatic carbocycles. The Bertz CT molecular complexity index is 1300. The number of carbonyl (C=O) groups excluding carboxylic acids is 1. The molecule has 2 aliphatic heterocycles. The number of carbonyl (C=O) groups is 1. The number of aromatic nitrogens is 1. The molecule has 1 atom stereocenters. The van der Waals surface area contributed by atoms with Gasteiger partial charge in [0.15, 0.2) is 11.8 Å². The third-order valence-electron chi connectivity index (χ3n) is 6.36. The minimum Gasteiger partial charge on any atom is -0.382 e. The zero-order valence-corrected chi connectivity index (χ0v) is 19.1. The average molecular weight is 461 g/mol. The molecule has 1 fully saturated rings. The highest BCUT2D eigenvalue weighted by Gasteiger charge is 2.38. The highest BCUT2D eigenvalue weighted by Crippen LogP contribution is 2.41. The largest absolute Gasteiger partial charge is 0.382 e. The van der Waals surface area contributed by atoms with Crippen molar-refractivity contribution in [3.63, 3.8) is 0 Å². The number of nitrogen functional groups attached to an aromatic ring is 1. The molecule has 7 heteroatoms. The first-order valence-corrected chi connectivity index (χ1v) is 11.3. The first-order chi connectivity index (χ1) is 16.0. The smallest absolute Gasteiger partial charge is 0.155 e. The molecule has 2 aliphatic rings. The molecular weight excluding hydrogens is 436 g/mol. The SMILES string of the molecule is Cc1cccc(C2(C=O)NC=CC=C2Cl)c1-c1ccc2nc(N)c(N3CCOCC3)cc2c1. The van der Waals surface area contributed by atoms with Gasteiger partial charge in [0.05, 0.1) is 29.5 Å². The fraction of sp³-hybridized carbons (Fsp3) is 0.231. The maximum absolute atomic E-state index is 12.4. The molecule has 0 spiro atoms. The number of aryl methyl sites for hydroxylation is 1. The first kappa shape index (κ1) is 21.5. The maximum atomic E-state index is 12.4. The molecule has 33 heavy (non-hydrogen) atoms. The molecule has 0 bridgehead atoms. The summed E-state index contributed by atoms with van der Waals surface area (Å²) in [5.74, 6) is 0.517. The zero-order valence-electron chi connectivity index (χ0n) is 18.3. The minimum atomic E-state index is -1.13. The molecule has 5 rings (SSSR count). The van der Waals surface area contributed by atoms with Crippen LogP contribution in [0, 0.1) is 6.92 Å². The quantitative estimate of drug-likeness (QED) is 0.566. The number of halogens is 1. The molecule has 168 valence electrons. The van der Waals surface area contributed by atoms with Crippen LogP contribution in [-0.2, 0) is 15.1 Å². The van der Waals surface area contributed by atoms with Crippen LogP contribution in [0.15, 0.2) is 65.8 Å². The molecule has 3 aromatic rings. The van der Waals surface area contributed by atoms with Gasteiger partial charge in [-0.2, -0.15) is 0 Å². The van der Waals surface area contributed by atoms with Crippen LogP contribution in [0.5, 0.6) is 0 Å². The number of ether oxygens (including phenoxy) is 1. The van der Waals surface area contributed by atoms with Gasteiger partial charge in [-0.3, -0.25) is 4.79 Å². The van der Waals surface area contributed by atoms with Crippen molar-refractivity contribution in [3.05, 3.63) is 77.0 Å². The number of nitrogens with two attached hydrogens (primary N) is 1. The van der Waals surface area contributed by atoms with Crippen LogP contribution in [0.1, 0.15) is 11.1 Å². The zero-order chi connectivity index (χ0) is 23.0. The van der Waals surface area contributed by atoms with E-state index in [1.165, 1.54) is 0 Å². The van der Waals surface area contributed by atoms with Gasteiger partial charge >= 0.3 is 0 Å². The number of anilines is 2. The second kappa shape index (κ2) is 8.54. The van der Waals surface area contributed by atoms with Crippen molar-refractivity contribution < 1.29 is 9.53 Å².